The quantitative estimate of drug-likeness (QED) is 0.321. The molecule has 1 aromatic heterocycles. The molecule has 2 N–H and O–H groups in total. The number of methoxy groups -OCH3 is 1. The lowest BCUT2D eigenvalue weighted by atomic mass is 9.96. The molecule has 0 radical (unpaired) electrons. The molecule has 216 valence electrons. The van der Waals surface area contributed by atoms with Crippen LogP contribution >= 0.6 is 11.3 Å². The molecule has 0 spiro atoms. The molecule has 2 aromatic carbocycles. The average Bonchev–Trinajstić information content (AvgIpc) is 3.37. The summed E-state index contributed by atoms with van der Waals surface area (Å²) < 4.78 is 4.67. The minimum Gasteiger partial charge on any atom is -0.507 e. The Hall–Kier alpha value is -2.79. The van der Waals surface area contributed by atoms with E-state index in [-0.39, 0.29) is 25.1 Å². The monoisotopic (exact) mass is 546 g/mol. The van der Waals surface area contributed by atoms with E-state index < -0.39 is 0 Å². The number of rotatable bonds is 3. The fourth-order valence-electron chi connectivity index (χ4n) is 3.16. The summed E-state index contributed by atoms with van der Waals surface area (Å²) in [5.41, 5.74) is 5.66. The molecular formula is C33H54O4S. The molecule has 1 atom stereocenters. The van der Waals surface area contributed by atoms with Crippen LogP contribution in [0.4, 0.5) is 0 Å². The van der Waals surface area contributed by atoms with Crippen molar-refractivity contribution in [1.29, 1.82) is 0 Å². The smallest absolute Gasteiger partial charge is 0.312 e. The zero-order valence-electron chi connectivity index (χ0n) is 25.2. The van der Waals surface area contributed by atoms with Gasteiger partial charge in [0.25, 0.3) is 0 Å². The maximum Gasteiger partial charge on any atom is 0.312 e. The van der Waals surface area contributed by atoms with Gasteiger partial charge in [-0.25, -0.2) is 0 Å². The van der Waals surface area contributed by atoms with Gasteiger partial charge in [0.15, 0.2) is 0 Å². The molecule has 0 saturated carbocycles. The second-order valence-electron chi connectivity index (χ2n) is 8.61. The first kappa shape index (κ1) is 39.7. The highest BCUT2D eigenvalue weighted by atomic mass is 32.1. The normalized spacial score (nSPS) is 9.79. The van der Waals surface area contributed by atoms with E-state index >= 15 is 0 Å². The fourth-order valence-corrected chi connectivity index (χ4v) is 3.69. The highest BCUT2D eigenvalue weighted by molar-refractivity contribution is 7.09. The number of phenols is 2. The van der Waals surface area contributed by atoms with E-state index in [4.69, 9.17) is 0 Å². The highest BCUT2D eigenvalue weighted by Crippen LogP contribution is 2.27. The molecule has 0 aliphatic carbocycles. The van der Waals surface area contributed by atoms with Crippen molar-refractivity contribution in [2.24, 2.45) is 0 Å². The Kier molecular flexibility index (Phi) is 23.2. The third-order valence-electron chi connectivity index (χ3n) is 5.19. The molecule has 0 aliphatic rings. The first-order chi connectivity index (χ1) is 17.4. The largest absolute Gasteiger partial charge is 0.507 e. The number of hydrogen-bond acceptors (Lipinski definition) is 5. The van der Waals surface area contributed by atoms with Crippen LogP contribution in [0.2, 0.25) is 0 Å². The molecule has 38 heavy (non-hydrogen) atoms. The standard InChI is InChI=1S/C12H16O3.C10H14O.C5H6S.C3H8.C2H6.CH4/c1-7-5-10(6-8(2)11(7)13)9(3)12(14)15-4;1-4-9-5-7(2)10(11)8(3)6-9;1-5-3-2-4-6-5;1-3-2;1-2;/h5-6,9,13H,1-4H3;5-6,11H,4H2,1-3H3;2-4H,1H3;3H2,1-2H3;1-2H3;1H4. The number of hydrogen-bond donors (Lipinski definition) is 2. The number of phenolic OH excluding ortho intramolecular Hbond substituents is 2. The molecule has 1 unspecified atom stereocenters. The lowest BCUT2D eigenvalue weighted by Gasteiger charge is -2.12. The van der Waals surface area contributed by atoms with Crippen LogP contribution in [0.25, 0.3) is 0 Å². The Bertz CT molecular complexity index is 977. The molecule has 1 heterocycles. The maximum absolute atomic E-state index is 11.3. The van der Waals surface area contributed by atoms with Gasteiger partial charge in [-0.3, -0.25) is 4.79 Å². The molecule has 0 saturated heterocycles. The Morgan fingerprint density at radius 3 is 1.53 bits per heavy atom. The van der Waals surface area contributed by atoms with E-state index in [9.17, 15) is 15.0 Å². The Morgan fingerprint density at radius 1 is 0.868 bits per heavy atom. The lowest BCUT2D eigenvalue weighted by molar-refractivity contribution is -0.141. The predicted molar refractivity (Wildman–Crippen MR) is 168 cm³/mol. The topological polar surface area (TPSA) is 66.8 Å². The van der Waals surface area contributed by atoms with Gasteiger partial charge in [0.1, 0.15) is 11.5 Å². The van der Waals surface area contributed by atoms with Crippen molar-refractivity contribution in [2.45, 2.75) is 102 Å². The van der Waals surface area contributed by atoms with Gasteiger partial charge in [-0.1, -0.05) is 78.8 Å². The molecule has 0 amide bonds. The zero-order chi connectivity index (χ0) is 29.1. The number of esters is 1. The van der Waals surface area contributed by atoms with Crippen molar-refractivity contribution in [1.82, 2.24) is 0 Å². The van der Waals surface area contributed by atoms with Gasteiger partial charge in [0, 0.05) is 4.88 Å². The van der Waals surface area contributed by atoms with Crippen molar-refractivity contribution < 1.29 is 19.7 Å². The number of aromatic hydroxyl groups is 2. The van der Waals surface area contributed by atoms with E-state index in [1.54, 1.807) is 18.3 Å². The minimum atomic E-state index is -0.298. The van der Waals surface area contributed by atoms with Gasteiger partial charge in [-0.05, 0) is 92.8 Å². The average molecular weight is 547 g/mol. The summed E-state index contributed by atoms with van der Waals surface area (Å²) in [6.45, 7) is 21.8. The summed E-state index contributed by atoms with van der Waals surface area (Å²) in [5, 5.41) is 21.1. The van der Waals surface area contributed by atoms with Crippen molar-refractivity contribution >= 4 is 17.3 Å². The number of ether oxygens (including phenoxy) is 1. The first-order valence-electron chi connectivity index (χ1n) is 13.1. The van der Waals surface area contributed by atoms with E-state index in [1.165, 1.54) is 24.0 Å². The van der Waals surface area contributed by atoms with Crippen molar-refractivity contribution in [3.05, 3.63) is 80.0 Å². The molecule has 0 bridgehead atoms. The molecule has 3 aromatic rings. The molecule has 4 nitrogen and oxygen atoms in total. The van der Waals surface area contributed by atoms with Crippen LogP contribution in [-0.2, 0) is 16.0 Å². The Morgan fingerprint density at radius 2 is 1.26 bits per heavy atom. The first-order valence-corrected chi connectivity index (χ1v) is 14.0. The zero-order valence-corrected chi connectivity index (χ0v) is 26.0. The van der Waals surface area contributed by atoms with Gasteiger partial charge in [0.2, 0.25) is 0 Å². The molecule has 5 heteroatoms. The van der Waals surface area contributed by atoms with Crippen molar-refractivity contribution in [3.63, 3.8) is 0 Å². The van der Waals surface area contributed by atoms with Crippen LogP contribution in [0.3, 0.4) is 0 Å². The molecule has 3 rings (SSSR count). The van der Waals surface area contributed by atoms with Crippen LogP contribution in [0.15, 0.2) is 41.8 Å². The molecule has 0 fully saturated rings. The number of carbonyl (C=O) groups excluding carboxylic acids is 1. The van der Waals surface area contributed by atoms with Crippen molar-refractivity contribution in [2.75, 3.05) is 7.11 Å². The summed E-state index contributed by atoms with van der Waals surface area (Å²) in [6.07, 6.45) is 2.28. The SMILES string of the molecule is C.CC.CCC.CCc1cc(C)c(O)c(C)c1.COC(=O)C(C)c1cc(C)c(O)c(C)c1.Cc1cccs1. The number of aryl methyl sites for hydroxylation is 6. The fraction of sp³-hybridized carbons (Fsp3) is 0.485. The van der Waals surface area contributed by atoms with Gasteiger partial charge >= 0.3 is 5.97 Å². The Balaban J connectivity index is -0.000000466. The van der Waals surface area contributed by atoms with Gasteiger partial charge in [0.05, 0.1) is 13.0 Å². The predicted octanol–water partition coefficient (Wildman–Crippen LogP) is 9.99. The van der Waals surface area contributed by atoms with Crippen LogP contribution in [-0.4, -0.2) is 23.3 Å². The van der Waals surface area contributed by atoms with Crippen LogP contribution in [0, 0.1) is 34.6 Å². The summed E-state index contributed by atoms with van der Waals surface area (Å²) in [6, 6.07) is 11.8. The van der Waals surface area contributed by atoms with E-state index in [0.29, 0.717) is 5.75 Å². The molecular weight excluding hydrogens is 492 g/mol. The van der Waals surface area contributed by atoms with Crippen LogP contribution < -0.4 is 0 Å². The third kappa shape index (κ3) is 14.8. The van der Waals surface area contributed by atoms with E-state index in [2.05, 4.69) is 49.9 Å². The minimum absolute atomic E-state index is 0. The van der Waals surface area contributed by atoms with Gasteiger partial charge in [-0.2, -0.15) is 0 Å². The van der Waals surface area contributed by atoms with Gasteiger partial charge < -0.3 is 14.9 Å². The highest BCUT2D eigenvalue weighted by Gasteiger charge is 2.17. The third-order valence-corrected chi connectivity index (χ3v) is 5.99. The van der Waals surface area contributed by atoms with E-state index in [0.717, 1.165) is 34.2 Å². The van der Waals surface area contributed by atoms with Crippen LogP contribution in [0.5, 0.6) is 11.5 Å². The summed E-state index contributed by atoms with van der Waals surface area (Å²) in [4.78, 5) is 12.7. The second-order valence-corrected chi connectivity index (χ2v) is 9.76. The lowest BCUT2D eigenvalue weighted by Crippen LogP contribution is -2.11. The second kappa shape index (κ2) is 22.2. The van der Waals surface area contributed by atoms with E-state index in [1.807, 2.05) is 65.8 Å². The summed E-state index contributed by atoms with van der Waals surface area (Å²) in [5.74, 6) is 0.158. The van der Waals surface area contributed by atoms with Crippen LogP contribution in [0.1, 0.15) is 99.6 Å². The molecule has 0 aliphatic heterocycles. The maximum atomic E-state index is 11.3. The Labute approximate surface area is 237 Å². The summed E-state index contributed by atoms with van der Waals surface area (Å²) in [7, 11) is 1.37. The van der Waals surface area contributed by atoms with Crippen molar-refractivity contribution in [3.8, 4) is 11.5 Å². The number of thiophene rings is 1. The summed E-state index contributed by atoms with van der Waals surface area (Å²) >= 11 is 1.78. The van der Waals surface area contributed by atoms with Gasteiger partial charge in [-0.15, -0.1) is 11.3 Å². The number of carbonyl (C=O) groups is 1. The number of benzene rings is 2.